The lowest BCUT2D eigenvalue weighted by Gasteiger charge is -2.36. The third kappa shape index (κ3) is 4.32. The van der Waals surface area contributed by atoms with E-state index in [0.717, 1.165) is 5.56 Å². The van der Waals surface area contributed by atoms with Crippen molar-refractivity contribution in [3.05, 3.63) is 41.5 Å². The van der Waals surface area contributed by atoms with Gasteiger partial charge in [-0.25, -0.2) is 0 Å². The lowest BCUT2D eigenvalue weighted by Crippen LogP contribution is -2.66. The summed E-state index contributed by atoms with van der Waals surface area (Å²) in [6.07, 6.45) is 1.98. The summed E-state index contributed by atoms with van der Waals surface area (Å²) in [5.74, 6) is -0.188. The van der Waals surface area contributed by atoms with Gasteiger partial charge >= 0.3 is 0 Å². The van der Waals surface area contributed by atoms with E-state index in [1.165, 1.54) is 17.5 Å². The van der Waals surface area contributed by atoms with Crippen LogP contribution in [0.2, 0.25) is 0 Å². The molecule has 1 atom stereocenters. The lowest BCUT2D eigenvalue weighted by molar-refractivity contribution is -0.165. The average molecular weight is 318 g/mol. The number of ether oxygens (including phenoxy) is 1. The average Bonchev–Trinajstić information content (AvgIpc) is 2.46. The Morgan fingerprint density at radius 2 is 2.00 bits per heavy atom. The Hall–Kier alpha value is -2.34. The van der Waals surface area contributed by atoms with Crippen LogP contribution in [0.25, 0.3) is 0 Å². The highest BCUT2D eigenvalue weighted by Gasteiger charge is 2.44. The van der Waals surface area contributed by atoms with E-state index in [0.29, 0.717) is 12.4 Å². The first-order chi connectivity index (χ1) is 10.8. The van der Waals surface area contributed by atoms with Crippen LogP contribution in [0.5, 0.6) is 5.75 Å². The Morgan fingerprint density at radius 1 is 1.35 bits per heavy atom. The van der Waals surface area contributed by atoms with Gasteiger partial charge in [-0.3, -0.25) is 9.59 Å². The van der Waals surface area contributed by atoms with E-state index in [1.54, 1.807) is 24.3 Å². The Kier molecular flexibility index (Phi) is 5.05. The summed E-state index contributed by atoms with van der Waals surface area (Å²) in [6.45, 7) is 4.45. The molecule has 1 aliphatic rings. The number of nitrogens with one attached hydrogen (secondary N) is 1. The zero-order chi connectivity index (χ0) is 17.0. The van der Waals surface area contributed by atoms with Gasteiger partial charge in [0.2, 0.25) is 11.6 Å². The van der Waals surface area contributed by atoms with Crippen molar-refractivity contribution in [1.82, 2.24) is 10.2 Å². The summed E-state index contributed by atoms with van der Waals surface area (Å²) < 4.78 is 5.56. The Labute approximate surface area is 135 Å². The zero-order valence-corrected chi connectivity index (χ0v) is 13.6. The minimum absolute atomic E-state index is 0.0101. The molecule has 0 spiro atoms. The van der Waals surface area contributed by atoms with E-state index < -0.39 is 11.6 Å². The van der Waals surface area contributed by atoms with Gasteiger partial charge in [-0.1, -0.05) is 17.7 Å². The molecule has 0 aliphatic carbocycles. The van der Waals surface area contributed by atoms with Gasteiger partial charge in [-0.2, -0.15) is 0 Å². The van der Waals surface area contributed by atoms with Gasteiger partial charge in [-0.05, 0) is 37.6 Å². The molecule has 2 rings (SSSR count). The molecule has 0 aromatic heterocycles. The second-order valence-electron chi connectivity index (χ2n) is 5.98. The quantitative estimate of drug-likeness (QED) is 0.789. The van der Waals surface area contributed by atoms with E-state index in [2.05, 4.69) is 5.32 Å². The molecule has 1 aromatic carbocycles. The van der Waals surface area contributed by atoms with E-state index in [1.807, 2.05) is 19.9 Å². The number of allylic oxidation sites excluding steroid dienone is 1. The first-order valence-corrected chi connectivity index (χ1v) is 7.44. The van der Waals surface area contributed by atoms with Crippen LogP contribution in [-0.4, -0.2) is 47.7 Å². The topological polar surface area (TPSA) is 78.9 Å². The maximum atomic E-state index is 12.1. The fourth-order valence-electron chi connectivity index (χ4n) is 2.35. The third-order valence-electron chi connectivity index (χ3n) is 3.55. The molecule has 1 saturated heterocycles. The molecule has 1 aliphatic heterocycles. The SMILES string of the molecule is CC(C)=CCOc1ccc(C[C@@]2(O)NC(=O)CN(C)C2=O)cc1. The van der Waals surface area contributed by atoms with Crippen molar-refractivity contribution in [3.8, 4) is 5.75 Å². The van der Waals surface area contributed by atoms with E-state index in [4.69, 9.17) is 4.74 Å². The smallest absolute Gasteiger partial charge is 0.276 e. The van der Waals surface area contributed by atoms with Gasteiger partial charge in [0.15, 0.2) is 0 Å². The first-order valence-electron chi connectivity index (χ1n) is 7.44. The standard InChI is InChI=1S/C17H22N2O4/c1-12(2)8-9-23-14-6-4-13(5-7-14)10-17(22)16(21)19(3)11-15(20)18-17/h4-8,22H,9-11H2,1-3H3,(H,18,20)/t17-/m0/s1. The van der Waals surface area contributed by atoms with Crippen molar-refractivity contribution >= 4 is 11.8 Å². The fourth-order valence-corrected chi connectivity index (χ4v) is 2.35. The summed E-state index contributed by atoms with van der Waals surface area (Å²) in [5.41, 5.74) is 0.0136. The number of carbonyl (C=O) groups excluding carboxylic acids is 2. The number of amides is 2. The zero-order valence-electron chi connectivity index (χ0n) is 13.6. The van der Waals surface area contributed by atoms with Crippen molar-refractivity contribution < 1.29 is 19.4 Å². The van der Waals surface area contributed by atoms with Crippen LogP contribution in [0.1, 0.15) is 19.4 Å². The van der Waals surface area contributed by atoms with Crippen LogP contribution in [0, 0.1) is 0 Å². The number of nitrogens with zero attached hydrogens (tertiary/aromatic N) is 1. The molecule has 1 fully saturated rings. The highest BCUT2D eigenvalue weighted by atomic mass is 16.5. The van der Waals surface area contributed by atoms with E-state index in [9.17, 15) is 14.7 Å². The molecule has 0 saturated carbocycles. The molecule has 0 unspecified atom stereocenters. The van der Waals surface area contributed by atoms with Gasteiger partial charge in [-0.15, -0.1) is 0 Å². The predicted molar refractivity (Wildman–Crippen MR) is 85.8 cm³/mol. The molecule has 124 valence electrons. The highest BCUT2D eigenvalue weighted by Crippen LogP contribution is 2.19. The molecule has 1 heterocycles. The number of hydrogen-bond acceptors (Lipinski definition) is 4. The number of piperazine rings is 1. The summed E-state index contributed by atoms with van der Waals surface area (Å²) in [5, 5.41) is 12.8. The van der Waals surface area contributed by atoms with Gasteiger partial charge in [0.1, 0.15) is 12.4 Å². The van der Waals surface area contributed by atoms with E-state index >= 15 is 0 Å². The maximum Gasteiger partial charge on any atom is 0.276 e. The lowest BCUT2D eigenvalue weighted by atomic mass is 9.99. The maximum absolute atomic E-state index is 12.1. The minimum atomic E-state index is -1.89. The third-order valence-corrected chi connectivity index (χ3v) is 3.55. The number of carbonyl (C=O) groups is 2. The normalized spacial score (nSPS) is 21.0. The van der Waals surface area contributed by atoms with Crippen LogP contribution < -0.4 is 10.1 Å². The minimum Gasteiger partial charge on any atom is -0.490 e. The van der Waals surface area contributed by atoms with Gasteiger partial charge < -0.3 is 20.1 Å². The summed E-state index contributed by atoms with van der Waals surface area (Å²) >= 11 is 0. The van der Waals surface area contributed by atoms with Crippen molar-refractivity contribution in [2.45, 2.75) is 26.0 Å². The number of rotatable bonds is 5. The van der Waals surface area contributed by atoms with Gasteiger partial charge in [0, 0.05) is 13.5 Å². The van der Waals surface area contributed by atoms with Crippen LogP contribution in [-0.2, 0) is 16.0 Å². The van der Waals surface area contributed by atoms with Crippen LogP contribution in [0.15, 0.2) is 35.9 Å². The molecule has 23 heavy (non-hydrogen) atoms. The van der Waals surface area contributed by atoms with Crippen molar-refractivity contribution in [2.75, 3.05) is 20.2 Å². The predicted octanol–water partition coefficient (Wildman–Crippen LogP) is 0.851. The first kappa shape index (κ1) is 17.0. The number of benzene rings is 1. The van der Waals surface area contributed by atoms with Crippen LogP contribution >= 0.6 is 0 Å². The Balaban J connectivity index is 2.03. The van der Waals surface area contributed by atoms with Crippen molar-refractivity contribution in [3.63, 3.8) is 0 Å². The number of aliphatic hydroxyl groups is 1. The monoisotopic (exact) mass is 318 g/mol. The number of hydrogen-bond donors (Lipinski definition) is 2. The summed E-state index contributed by atoms with van der Waals surface area (Å²) in [6, 6.07) is 7.08. The molecular weight excluding hydrogens is 296 g/mol. The molecule has 0 radical (unpaired) electrons. The van der Waals surface area contributed by atoms with Gasteiger partial charge in [0.05, 0.1) is 6.54 Å². The molecule has 0 bridgehead atoms. The molecule has 2 amide bonds. The molecular formula is C17H22N2O4. The Bertz CT molecular complexity index is 620. The van der Waals surface area contributed by atoms with Crippen molar-refractivity contribution in [1.29, 1.82) is 0 Å². The van der Waals surface area contributed by atoms with Crippen LogP contribution in [0.3, 0.4) is 0 Å². The van der Waals surface area contributed by atoms with Crippen LogP contribution in [0.4, 0.5) is 0 Å². The molecule has 6 nitrogen and oxygen atoms in total. The van der Waals surface area contributed by atoms with Crippen molar-refractivity contribution in [2.24, 2.45) is 0 Å². The summed E-state index contributed by atoms with van der Waals surface area (Å²) in [4.78, 5) is 24.9. The second kappa shape index (κ2) is 6.83. The number of likely N-dealkylation sites (N-methyl/N-ethyl adjacent to an activating group) is 1. The largest absolute Gasteiger partial charge is 0.490 e. The summed E-state index contributed by atoms with van der Waals surface area (Å²) in [7, 11) is 1.49. The molecule has 1 aromatic rings. The second-order valence-corrected chi connectivity index (χ2v) is 5.98. The Morgan fingerprint density at radius 3 is 2.61 bits per heavy atom. The van der Waals surface area contributed by atoms with Gasteiger partial charge in [0.25, 0.3) is 5.91 Å². The molecule has 2 N–H and O–H groups in total. The fraction of sp³-hybridized carbons (Fsp3) is 0.412. The highest BCUT2D eigenvalue weighted by molar-refractivity contribution is 5.96. The van der Waals surface area contributed by atoms with E-state index in [-0.39, 0.29) is 18.9 Å². The molecule has 6 heteroatoms.